The molecule has 0 unspecified atom stereocenters. The lowest BCUT2D eigenvalue weighted by atomic mass is 10.1. The van der Waals surface area contributed by atoms with E-state index < -0.39 is 6.36 Å². The zero-order chi connectivity index (χ0) is 20.7. The van der Waals surface area contributed by atoms with Gasteiger partial charge in [0.05, 0.1) is 19.8 Å². The fraction of sp³-hybridized carbons (Fsp3) is 0.350. The second-order valence-corrected chi connectivity index (χ2v) is 6.56. The molecule has 1 aliphatic heterocycles. The van der Waals surface area contributed by atoms with Gasteiger partial charge < -0.3 is 20.5 Å². The highest BCUT2D eigenvalue weighted by atomic mass is 127. The second-order valence-electron chi connectivity index (χ2n) is 6.56. The van der Waals surface area contributed by atoms with Crippen molar-refractivity contribution in [3.63, 3.8) is 0 Å². The van der Waals surface area contributed by atoms with Crippen LogP contribution in [-0.2, 0) is 17.8 Å². The summed E-state index contributed by atoms with van der Waals surface area (Å²) in [5.74, 6) is -0.119. The summed E-state index contributed by atoms with van der Waals surface area (Å²) in [5.41, 5.74) is 8.69. The van der Waals surface area contributed by atoms with Gasteiger partial charge in [-0.1, -0.05) is 24.3 Å². The highest BCUT2D eigenvalue weighted by Crippen LogP contribution is 2.24. The number of guanidine groups is 1. The highest BCUT2D eigenvalue weighted by molar-refractivity contribution is 14.0. The Kier molecular flexibility index (Phi) is 9.18. The summed E-state index contributed by atoms with van der Waals surface area (Å²) in [7, 11) is 0. The van der Waals surface area contributed by atoms with Crippen LogP contribution in [0.15, 0.2) is 53.5 Å². The largest absolute Gasteiger partial charge is 0.573 e. The van der Waals surface area contributed by atoms with Crippen molar-refractivity contribution in [2.75, 3.05) is 31.6 Å². The zero-order valence-electron chi connectivity index (χ0n) is 16.2. The molecule has 0 radical (unpaired) electrons. The molecule has 2 aromatic carbocycles. The van der Waals surface area contributed by atoms with Crippen LogP contribution in [0.5, 0.6) is 5.75 Å². The van der Waals surface area contributed by atoms with Crippen LogP contribution in [0, 0.1) is 0 Å². The van der Waals surface area contributed by atoms with Gasteiger partial charge in [0, 0.05) is 25.3 Å². The summed E-state index contributed by atoms with van der Waals surface area (Å²) < 4.78 is 45.8. The molecule has 6 nitrogen and oxygen atoms in total. The van der Waals surface area contributed by atoms with E-state index in [0.717, 1.165) is 38.4 Å². The summed E-state index contributed by atoms with van der Waals surface area (Å²) in [5, 5.41) is 2.87. The topological polar surface area (TPSA) is 72.1 Å². The lowest BCUT2D eigenvalue weighted by Crippen LogP contribution is -2.35. The van der Waals surface area contributed by atoms with E-state index in [1.807, 2.05) is 18.2 Å². The fourth-order valence-corrected chi connectivity index (χ4v) is 2.96. The number of benzene rings is 2. The van der Waals surface area contributed by atoms with Crippen LogP contribution in [0.4, 0.5) is 18.9 Å². The van der Waals surface area contributed by atoms with Crippen molar-refractivity contribution in [2.45, 2.75) is 19.5 Å². The lowest BCUT2D eigenvalue weighted by molar-refractivity contribution is -0.274. The molecule has 0 aromatic heterocycles. The number of nitrogens with zero attached hydrogens (tertiary/aromatic N) is 2. The van der Waals surface area contributed by atoms with Crippen molar-refractivity contribution in [1.29, 1.82) is 0 Å². The number of halogens is 4. The Morgan fingerprint density at radius 3 is 2.33 bits per heavy atom. The first-order valence-corrected chi connectivity index (χ1v) is 9.19. The smallest absolute Gasteiger partial charge is 0.406 e. The Morgan fingerprint density at radius 2 is 1.70 bits per heavy atom. The van der Waals surface area contributed by atoms with E-state index >= 15 is 0 Å². The number of rotatable bonds is 6. The molecule has 164 valence electrons. The summed E-state index contributed by atoms with van der Waals surface area (Å²) in [6.07, 6.45) is -4.72. The molecule has 1 aliphatic rings. The van der Waals surface area contributed by atoms with Crippen LogP contribution in [0.1, 0.15) is 11.1 Å². The number of anilines is 1. The molecule has 0 atom stereocenters. The maximum Gasteiger partial charge on any atom is 0.573 e. The molecule has 0 amide bonds. The average Bonchev–Trinajstić information content (AvgIpc) is 2.68. The standard InChI is InChI=1S/C20H23F3N4O2.HI/c21-20(22,23)29-18-7-5-17(6-8-18)26-19(24)25-13-15-3-1-2-4-16(15)14-27-9-11-28-12-10-27;/h1-8H,9-14H2,(H3,24,25,26);1H. The number of nitrogens with two attached hydrogens (primary N) is 1. The molecule has 3 rings (SSSR count). The summed E-state index contributed by atoms with van der Waals surface area (Å²) in [4.78, 5) is 6.69. The minimum absolute atomic E-state index is 0. The molecule has 2 aromatic rings. The van der Waals surface area contributed by atoms with E-state index in [1.54, 1.807) is 0 Å². The summed E-state index contributed by atoms with van der Waals surface area (Å²) in [6, 6.07) is 13.3. The molecule has 10 heteroatoms. The molecule has 1 heterocycles. The second kappa shape index (κ2) is 11.4. The van der Waals surface area contributed by atoms with Crippen LogP contribution in [0.25, 0.3) is 0 Å². The van der Waals surface area contributed by atoms with Crippen LogP contribution >= 0.6 is 24.0 Å². The van der Waals surface area contributed by atoms with Gasteiger partial charge in [0.25, 0.3) is 0 Å². The Bertz CT molecular complexity index is 826. The molecule has 0 saturated carbocycles. The van der Waals surface area contributed by atoms with Gasteiger partial charge in [-0.25, -0.2) is 4.99 Å². The van der Waals surface area contributed by atoms with E-state index in [1.165, 1.54) is 29.8 Å². The number of aliphatic imine (C=N–C) groups is 1. The average molecular weight is 536 g/mol. The molecule has 3 N–H and O–H groups in total. The van der Waals surface area contributed by atoms with E-state index in [2.05, 4.69) is 26.0 Å². The number of morpholine rings is 1. The van der Waals surface area contributed by atoms with Crippen molar-refractivity contribution in [2.24, 2.45) is 10.7 Å². The molecule has 1 fully saturated rings. The third-order valence-electron chi connectivity index (χ3n) is 4.40. The minimum atomic E-state index is -4.72. The van der Waals surface area contributed by atoms with Gasteiger partial charge >= 0.3 is 6.36 Å². The molecule has 0 bridgehead atoms. The normalized spacial score (nSPS) is 15.4. The Balaban J connectivity index is 0.00000320. The molecular weight excluding hydrogens is 512 g/mol. The molecular formula is C20H24F3IN4O2. The van der Waals surface area contributed by atoms with Gasteiger partial charge in [-0.2, -0.15) is 0 Å². The quantitative estimate of drug-likeness (QED) is 0.333. The summed E-state index contributed by atoms with van der Waals surface area (Å²) in [6.45, 7) is 4.50. The maximum absolute atomic E-state index is 12.2. The third-order valence-corrected chi connectivity index (χ3v) is 4.40. The zero-order valence-corrected chi connectivity index (χ0v) is 18.5. The van der Waals surface area contributed by atoms with Crippen LogP contribution < -0.4 is 15.8 Å². The minimum Gasteiger partial charge on any atom is -0.406 e. The van der Waals surface area contributed by atoms with E-state index in [0.29, 0.717) is 12.2 Å². The fourth-order valence-electron chi connectivity index (χ4n) is 2.96. The van der Waals surface area contributed by atoms with Gasteiger partial charge in [0.15, 0.2) is 5.96 Å². The first kappa shape index (κ1) is 24.2. The van der Waals surface area contributed by atoms with Crippen molar-refractivity contribution in [3.05, 3.63) is 59.7 Å². The van der Waals surface area contributed by atoms with Gasteiger partial charge in [-0.3, -0.25) is 4.90 Å². The van der Waals surface area contributed by atoms with Crippen LogP contribution in [0.2, 0.25) is 0 Å². The first-order valence-electron chi connectivity index (χ1n) is 9.19. The molecule has 30 heavy (non-hydrogen) atoms. The Hall–Kier alpha value is -2.05. The number of hydrogen-bond donors (Lipinski definition) is 2. The Morgan fingerprint density at radius 1 is 1.07 bits per heavy atom. The lowest BCUT2D eigenvalue weighted by Gasteiger charge is -2.27. The number of hydrogen-bond acceptors (Lipinski definition) is 4. The molecule has 0 spiro atoms. The van der Waals surface area contributed by atoms with Gasteiger partial charge in [-0.05, 0) is 35.4 Å². The molecule has 1 saturated heterocycles. The van der Waals surface area contributed by atoms with Gasteiger partial charge in [-0.15, -0.1) is 37.1 Å². The monoisotopic (exact) mass is 536 g/mol. The third kappa shape index (κ3) is 8.00. The molecule has 0 aliphatic carbocycles. The first-order chi connectivity index (χ1) is 13.9. The number of nitrogens with one attached hydrogen (secondary N) is 1. The van der Waals surface area contributed by atoms with E-state index in [4.69, 9.17) is 10.5 Å². The number of ether oxygens (including phenoxy) is 2. The van der Waals surface area contributed by atoms with Crippen molar-refractivity contribution >= 4 is 35.6 Å². The van der Waals surface area contributed by atoms with E-state index in [-0.39, 0.29) is 35.7 Å². The van der Waals surface area contributed by atoms with Crippen LogP contribution in [-0.4, -0.2) is 43.5 Å². The van der Waals surface area contributed by atoms with Crippen molar-refractivity contribution < 1.29 is 22.6 Å². The van der Waals surface area contributed by atoms with E-state index in [9.17, 15) is 13.2 Å². The van der Waals surface area contributed by atoms with Gasteiger partial charge in [0.2, 0.25) is 0 Å². The van der Waals surface area contributed by atoms with Crippen molar-refractivity contribution in [3.8, 4) is 5.75 Å². The highest BCUT2D eigenvalue weighted by Gasteiger charge is 2.30. The predicted molar refractivity (Wildman–Crippen MR) is 120 cm³/mol. The predicted octanol–water partition coefficient (Wildman–Crippen LogP) is 3.96. The summed E-state index contributed by atoms with van der Waals surface area (Å²) >= 11 is 0. The van der Waals surface area contributed by atoms with Crippen molar-refractivity contribution in [1.82, 2.24) is 4.90 Å². The van der Waals surface area contributed by atoms with Crippen LogP contribution in [0.3, 0.4) is 0 Å². The Labute approximate surface area is 190 Å². The SMILES string of the molecule is I.NC(=NCc1ccccc1CN1CCOCC1)Nc1ccc(OC(F)(F)F)cc1. The van der Waals surface area contributed by atoms with Gasteiger partial charge in [0.1, 0.15) is 5.75 Å². The maximum atomic E-state index is 12.2. The number of alkyl halides is 3.